The predicted octanol–water partition coefficient (Wildman–Crippen LogP) is 3.27. The molecule has 2 unspecified atom stereocenters. The Labute approximate surface area is 213 Å². The van der Waals surface area contributed by atoms with Crippen molar-refractivity contribution in [3.05, 3.63) is 29.2 Å². The Morgan fingerprint density at radius 3 is 2.61 bits per heavy atom. The molecule has 0 aliphatic carbocycles. The molecular formula is C23H23F2N7O2S2. The summed E-state index contributed by atoms with van der Waals surface area (Å²) in [6, 6.07) is 3.67. The fraction of sp³-hybridized carbons (Fsp3) is 0.435. The summed E-state index contributed by atoms with van der Waals surface area (Å²) in [6.45, 7) is 2.47. The molecule has 2 bridgehead atoms. The minimum absolute atomic E-state index is 0.0749. The molecule has 0 spiro atoms. The van der Waals surface area contributed by atoms with Crippen molar-refractivity contribution in [2.75, 3.05) is 44.0 Å². The number of thiazole rings is 1. The van der Waals surface area contributed by atoms with Crippen molar-refractivity contribution in [3.8, 4) is 6.01 Å². The highest BCUT2D eigenvalue weighted by Crippen LogP contribution is 2.51. The van der Waals surface area contributed by atoms with Gasteiger partial charge in [0.2, 0.25) is 0 Å². The van der Waals surface area contributed by atoms with Gasteiger partial charge in [0.05, 0.1) is 42.3 Å². The number of fused-ring (bicyclic) bond motifs is 4. The Hall–Kier alpha value is -2.74. The number of ether oxygens (including phenoxy) is 2. The molecule has 2 aromatic heterocycles. The molecule has 13 heteroatoms. The van der Waals surface area contributed by atoms with E-state index in [4.69, 9.17) is 15.2 Å². The van der Waals surface area contributed by atoms with E-state index < -0.39 is 11.6 Å². The summed E-state index contributed by atoms with van der Waals surface area (Å²) in [6.07, 6.45) is 2.22. The second-order valence-corrected chi connectivity index (χ2v) is 11.4. The zero-order chi connectivity index (χ0) is 24.6. The number of nitrogens with one attached hydrogen (secondary N) is 1. The maximum atomic E-state index is 16.6. The first kappa shape index (κ1) is 22.5. The van der Waals surface area contributed by atoms with Crippen molar-refractivity contribution >= 4 is 56.0 Å². The molecule has 6 heterocycles. The standard InChI is InChI=1S/C23H23F2N7O2S2/c1-33-23-29-17-15(25)18(13-4-5-14(24)19-16(13)28-22(26)35-19)32(12-8-34-9-12)36-20(17)21(30-23)31-6-10-2-3-11(7-31)27-10/h4-5,10-12,27H,2-3,6-9H2,1H3,(H2,26,28). The van der Waals surface area contributed by atoms with Crippen molar-refractivity contribution in [3.63, 3.8) is 0 Å². The Balaban J connectivity index is 1.43. The highest BCUT2D eigenvalue weighted by atomic mass is 32.2. The van der Waals surface area contributed by atoms with Gasteiger partial charge in [-0.2, -0.15) is 9.97 Å². The number of rotatable bonds is 4. The summed E-state index contributed by atoms with van der Waals surface area (Å²) in [7, 11) is 1.48. The van der Waals surface area contributed by atoms with Crippen LogP contribution in [-0.2, 0) is 4.74 Å². The maximum absolute atomic E-state index is 16.6. The van der Waals surface area contributed by atoms with E-state index in [-0.39, 0.29) is 28.6 Å². The lowest BCUT2D eigenvalue weighted by atomic mass is 10.1. The predicted molar refractivity (Wildman–Crippen MR) is 135 cm³/mol. The van der Waals surface area contributed by atoms with Crippen LogP contribution in [0, 0.1) is 5.82 Å². The van der Waals surface area contributed by atoms with E-state index in [1.54, 1.807) is 6.07 Å². The third-order valence-electron chi connectivity index (χ3n) is 7.07. The van der Waals surface area contributed by atoms with E-state index in [2.05, 4.69) is 25.2 Å². The van der Waals surface area contributed by atoms with Crippen LogP contribution in [0.4, 0.5) is 19.7 Å². The number of nitrogens with two attached hydrogens (primary N) is 1. The smallest absolute Gasteiger partial charge is 0.318 e. The second kappa shape index (κ2) is 8.40. The van der Waals surface area contributed by atoms with Crippen LogP contribution in [-0.4, -0.2) is 70.8 Å². The molecule has 3 N–H and O–H groups in total. The highest BCUT2D eigenvalue weighted by molar-refractivity contribution is 7.97. The third kappa shape index (κ3) is 3.44. The third-order valence-corrected chi connectivity index (χ3v) is 9.20. The fourth-order valence-electron chi connectivity index (χ4n) is 5.32. The molecule has 4 aliphatic rings. The van der Waals surface area contributed by atoms with Crippen LogP contribution in [0.1, 0.15) is 24.1 Å². The van der Waals surface area contributed by atoms with Crippen LogP contribution in [0.2, 0.25) is 0 Å². The Bertz CT molecular complexity index is 1400. The summed E-state index contributed by atoms with van der Waals surface area (Å²) >= 11 is 2.44. The van der Waals surface area contributed by atoms with E-state index in [0.717, 1.165) is 37.3 Å². The van der Waals surface area contributed by atoms with Crippen LogP contribution >= 0.6 is 23.3 Å². The van der Waals surface area contributed by atoms with E-state index in [0.29, 0.717) is 51.8 Å². The minimum Gasteiger partial charge on any atom is -0.467 e. The number of methoxy groups -OCH3 is 1. The number of piperazine rings is 1. The van der Waals surface area contributed by atoms with Gasteiger partial charge in [0.1, 0.15) is 16.4 Å². The van der Waals surface area contributed by atoms with Crippen LogP contribution in [0.25, 0.3) is 21.7 Å². The first-order valence-electron chi connectivity index (χ1n) is 11.8. The molecule has 3 aromatic rings. The lowest BCUT2D eigenvalue weighted by Gasteiger charge is -2.42. The molecule has 36 heavy (non-hydrogen) atoms. The normalized spacial score (nSPS) is 23.9. The first-order chi connectivity index (χ1) is 17.5. The number of hydrogen-bond donors (Lipinski definition) is 2. The quantitative estimate of drug-likeness (QED) is 0.488. The molecular weight excluding hydrogens is 508 g/mol. The lowest BCUT2D eigenvalue weighted by Crippen LogP contribution is -2.52. The van der Waals surface area contributed by atoms with Crippen LogP contribution < -0.4 is 20.7 Å². The minimum atomic E-state index is -0.532. The molecule has 0 radical (unpaired) electrons. The SMILES string of the molecule is COc1nc2c(c(N3CC4CCC(C3)N4)n1)SN(C1COC1)C(c1ccc(F)c3sc(N)nc13)=C2F. The van der Waals surface area contributed by atoms with Gasteiger partial charge in [-0.15, -0.1) is 0 Å². The zero-order valence-electron chi connectivity index (χ0n) is 19.3. The highest BCUT2D eigenvalue weighted by Gasteiger charge is 2.41. The van der Waals surface area contributed by atoms with E-state index in [1.807, 2.05) is 4.31 Å². The summed E-state index contributed by atoms with van der Waals surface area (Å²) in [5, 5.41) is 3.85. The van der Waals surface area contributed by atoms with Gasteiger partial charge in [0, 0.05) is 30.7 Å². The van der Waals surface area contributed by atoms with Crippen molar-refractivity contribution in [2.45, 2.75) is 35.9 Å². The lowest BCUT2D eigenvalue weighted by molar-refractivity contribution is -0.0207. The molecule has 2 atom stereocenters. The van der Waals surface area contributed by atoms with E-state index >= 15 is 4.39 Å². The van der Waals surface area contributed by atoms with Crippen molar-refractivity contribution in [1.29, 1.82) is 0 Å². The van der Waals surface area contributed by atoms with Gasteiger partial charge >= 0.3 is 6.01 Å². The number of hydrogen-bond acceptors (Lipinski definition) is 11. The van der Waals surface area contributed by atoms with Gasteiger partial charge < -0.3 is 29.7 Å². The van der Waals surface area contributed by atoms with Crippen LogP contribution in [0.15, 0.2) is 17.0 Å². The van der Waals surface area contributed by atoms with E-state index in [1.165, 1.54) is 25.1 Å². The van der Waals surface area contributed by atoms with Gasteiger partial charge in [-0.1, -0.05) is 11.3 Å². The van der Waals surface area contributed by atoms with Gasteiger partial charge in [0.15, 0.2) is 16.8 Å². The fourth-order valence-corrected chi connectivity index (χ4v) is 7.30. The molecule has 4 aliphatic heterocycles. The van der Waals surface area contributed by atoms with Crippen LogP contribution in [0.3, 0.4) is 0 Å². The number of aromatic nitrogens is 3. The zero-order valence-corrected chi connectivity index (χ0v) is 21.0. The van der Waals surface area contributed by atoms with Crippen LogP contribution in [0.5, 0.6) is 6.01 Å². The average Bonchev–Trinajstić information content (AvgIpc) is 3.40. The molecule has 9 nitrogen and oxygen atoms in total. The van der Waals surface area contributed by atoms with Crippen molar-refractivity contribution in [1.82, 2.24) is 24.6 Å². The van der Waals surface area contributed by atoms with Gasteiger partial charge in [0.25, 0.3) is 0 Å². The largest absolute Gasteiger partial charge is 0.467 e. The summed E-state index contributed by atoms with van der Waals surface area (Å²) < 4.78 is 44.2. The molecule has 0 amide bonds. The molecule has 0 saturated carbocycles. The topological polar surface area (TPSA) is 102 Å². The number of anilines is 2. The Morgan fingerprint density at radius 2 is 1.92 bits per heavy atom. The molecule has 188 valence electrons. The first-order valence-corrected chi connectivity index (χ1v) is 13.4. The maximum Gasteiger partial charge on any atom is 0.318 e. The molecule has 7 rings (SSSR count). The van der Waals surface area contributed by atoms with Gasteiger partial charge in [-0.05, 0) is 36.9 Å². The summed E-state index contributed by atoms with van der Waals surface area (Å²) in [4.78, 5) is 16.3. The van der Waals surface area contributed by atoms with E-state index in [9.17, 15) is 4.39 Å². The molecule has 1 aromatic carbocycles. The number of nitrogen functional groups attached to an aromatic ring is 1. The second-order valence-electron chi connectivity index (χ2n) is 9.35. The monoisotopic (exact) mass is 531 g/mol. The van der Waals surface area contributed by atoms with Crippen molar-refractivity contribution in [2.24, 2.45) is 0 Å². The Morgan fingerprint density at radius 1 is 1.14 bits per heavy atom. The molecule has 3 fully saturated rings. The number of benzene rings is 1. The van der Waals surface area contributed by atoms with Gasteiger partial charge in [-0.25, -0.2) is 13.8 Å². The Kier molecular flexibility index (Phi) is 5.24. The summed E-state index contributed by atoms with van der Waals surface area (Å²) in [5.41, 5.74) is 7.15. The van der Waals surface area contributed by atoms with Crippen molar-refractivity contribution < 1.29 is 18.3 Å². The number of halogens is 2. The summed E-state index contributed by atoms with van der Waals surface area (Å²) in [5.74, 6) is -0.303. The van der Waals surface area contributed by atoms with Gasteiger partial charge in [-0.3, -0.25) is 0 Å². The average molecular weight is 532 g/mol. The molecule has 3 saturated heterocycles. The number of nitrogens with zero attached hydrogens (tertiary/aromatic N) is 5.